The smallest absolute Gasteiger partial charge is 0.269 e. The molecular weight excluding hydrogens is 268 g/mol. The molecule has 0 radical (unpaired) electrons. The molecule has 2 rings (SSSR count). The van der Waals surface area contributed by atoms with Crippen LogP contribution in [-0.2, 0) is 9.53 Å². The summed E-state index contributed by atoms with van der Waals surface area (Å²) in [5, 5.41) is 13.4. The third-order valence-electron chi connectivity index (χ3n) is 2.83. The van der Waals surface area contributed by atoms with Crippen LogP contribution in [0.1, 0.15) is 18.2 Å². The fourth-order valence-corrected chi connectivity index (χ4v) is 2.32. The van der Waals surface area contributed by atoms with Crippen LogP contribution in [0.25, 0.3) is 0 Å². The van der Waals surface area contributed by atoms with Crippen LogP contribution in [-0.4, -0.2) is 28.9 Å². The third kappa shape index (κ3) is 3.24. The van der Waals surface area contributed by atoms with Gasteiger partial charge in [-0.1, -0.05) is 12.1 Å². The first kappa shape index (κ1) is 13.8. The Morgan fingerprint density at radius 3 is 3.00 bits per heavy atom. The Kier molecular flexibility index (Phi) is 4.39. The molecule has 19 heavy (non-hydrogen) atoms. The lowest BCUT2D eigenvalue weighted by atomic mass is 10.2. The second-order valence-corrected chi connectivity index (χ2v) is 5.13. The van der Waals surface area contributed by atoms with E-state index in [0.29, 0.717) is 12.0 Å². The van der Waals surface area contributed by atoms with Crippen molar-refractivity contribution in [3.63, 3.8) is 0 Å². The van der Waals surface area contributed by atoms with E-state index in [1.165, 1.54) is 12.1 Å². The normalized spacial score (nSPS) is 22.3. The van der Waals surface area contributed by atoms with Gasteiger partial charge in [-0.3, -0.25) is 14.9 Å². The van der Waals surface area contributed by atoms with Crippen molar-refractivity contribution in [3.8, 4) is 0 Å². The van der Waals surface area contributed by atoms with Crippen molar-refractivity contribution in [2.75, 3.05) is 12.0 Å². The van der Waals surface area contributed by atoms with Crippen molar-refractivity contribution >= 4 is 23.4 Å². The topological polar surface area (TPSA) is 81.5 Å². The number of nitro benzene ring substituents is 1. The lowest BCUT2D eigenvalue weighted by Crippen LogP contribution is -2.24. The monoisotopic (exact) mass is 282 g/mol. The maximum Gasteiger partial charge on any atom is 0.269 e. The number of carbonyl (C=O) groups excluding carboxylic acids is 1. The van der Waals surface area contributed by atoms with Gasteiger partial charge in [0.2, 0.25) is 0 Å². The van der Waals surface area contributed by atoms with Crippen LogP contribution < -0.4 is 5.32 Å². The number of nitrogens with one attached hydrogen (secondary N) is 1. The number of amides is 1. The Morgan fingerprint density at radius 1 is 1.53 bits per heavy atom. The quantitative estimate of drug-likeness (QED) is 0.658. The van der Waals surface area contributed by atoms with Crippen molar-refractivity contribution in [2.24, 2.45) is 0 Å². The molecule has 0 aliphatic carbocycles. The highest BCUT2D eigenvalue weighted by Crippen LogP contribution is 2.26. The molecule has 1 amide bonds. The van der Waals surface area contributed by atoms with Gasteiger partial charge in [0.05, 0.1) is 4.92 Å². The minimum Gasteiger partial charge on any atom is -0.341 e. The second kappa shape index (κ2) is 6.03. The summed E-state index contributed by atoms with van der Waals surface area (Å²) in [7, 11) is 0. The molecule has 0 spiro atoms. The van der Waals surface area contributed by atoms with Crippen LogP contribution in [0.5, 0.6) is 0 Å². The minimum absolute atomic E-state index is 0.0112. The summed E-state index contributed by atoms with van der Waals surface area (Å²) in [6.45, 7) is 0. The molecule has 102 valence electrons. The fourth-order valence-electron chi connectivity index (χ4n) is 1.87. The van der Waals surface area contributed by atoms with E-state index in [2.05, 4.69) is 5.32 Å². The standard InChI is InChI=1S/C12H14N2O4S/c1-19-6-5-10-11(15)13-12(18-10)8-3-2-4-9(7-8)14(16)17/h2-4,7,10,12H,5-6H2,1H3,(H,13,15). The van der Waals surface area contributed by atoms with Gasteiger partial charge in [0.1, 0.15) is 6.10 Å². The molecule has 1 aliphatic heterocycles. The van der Waals surface area contributed by atoms with Crippen molar-refractivity contribution in [1.82, 2.24) is 5.32 Å². The van der Waals surface area contributed by atoms with Gasteiger partial charge in [-0.2, -0.15) is 11.8 Å². The van der Waals surface area contributed by atoms with E-state index in [1.54, 1.807) is 23.9 Å². The maximum atomic E-state index is 11.7. The fraction of sp³-hybridized carbons (Fsp3) is 0.417. The van der Waals surface area contributed by atoms with Crippen LogP contribution in [0.4, 0.5) is 5.69 Å². The van der Waals surface area contributed by atoms with E-state index in [4.69, 9.17) is 4.74 Å². The van der Waals surface area contributed by atoms with E-state index in [1.807, 2.05) is 6.26 Å². The molecule has 1 fully saturated rings. The van der Waals surface area contributed by atoms with Gasteiger partial charge < -0.3 is 10.1 Å². The SMILES string of the molecule is CSCCC1OC(c2cccc([N+](=O)[O-])c2)NC1=O. The number of hydrogen-bond donors (Lipinski definition) is 1. The van der Waals surface area contributed by atoms with E-state index in [9.17, 15) is 14.9 Å². The van der Waals surface area contributed by atoms with Gasteiger partial charge in [-0.25, -0.2) is 0 Å². The molecule has 2 unspecified atom stereocenters. The predicted octanol–water partition coefficient (Wildman–Crippen LogP) is 1.86. The first-order chi connectivity index (χ1) is 9.11. The Hall–Kier alpha value is -1.60. The molecule has 0 saturated carbocycles. The van der Waals surface area contributed by atoms with Gasteiger partial charge >= 0.3 is 0 Å². The predicted molar refractivity (Wildman–Crippen MR) is 71.9 cm³/mol. The van der Waals surface area contributed by atoms with Crippen LogP contribution >= 0.6 is 11.8 Å². The molecule has 1 saturated heterocycles. The molecule has 1 aromatic rings. The van der Waals surface area contributed by atoms with E-state index in [-0.39, 0.29) is 11.6 Å². The number of nitrogens with zero attached hydrogens (tertiary/aromatic N) is 1. The van der Waals surface area contributed by atoms with Gasteiger partial charge in [0, 0.05) is 17.7 Å². The highest BCUT2D eigenvalue weighted by atomic mass is 32.2. The first-order valence-corrected chi connectivity index (χ1v) is 7.20. The number of rotatable bonds is 5. The summed E-state index contributed by atoms with van der Waals surface area (Å²) < 4.78 is 5.60. The molecule has 1 heterocycles. The summed E-state index contributed by atoms with van der Waals surface area (Å²) in [5.74, 6) is 0.672. The van der Waals surface area contributed by atoms with Crippen LogP contribution in [0, 0.1) is 10.1 Å². The lowest BCUT2D eigenvalue weighted by molar-refractivity contribution is -0.385. The largest absolute Gasteiger partial charge is 0.341 e. The summed E-state index contributed by atoms with van der Waals surface area (Å²) in [6.07, 6.45) is 1.53. The van der Waals surface area contributed by atoms with Gasteiger partial charge in [0.15, 0.2) is 6.23 Å². The summed E-state index contributed by atoms with van der Waals surface area (Å²) in [5.41, 5.74) is 0.581. The Morgan fingerprint density at radius 2 is 2.32 bits per heavy atom. The van der Waals surface area contributed by atoms with Crippen LogP contribution in [0.2, 0.25) is 0 Å². The highest BCUT2D eigenvalue weighted by Gasteiger charge is 2.33. The Labute approximate surface area is 114 Å². The van der Waals surface area contributed by atoms with E-state index < -0.39 is 17.3 Å². The number of non-ortho nitro benzene ring substituents is 1. The van der Waals surface area contributed by atoms with Crippen molar-refractivity contribution in [1.29, 1.82) is 0 Å². The summed E-state index contributed by atoms with van der Waals surface area (Å²) in [4.78, 5) is 21.9. The zero-order valence-corrected chi connectivity index (χ0v) is 11.2. The second-order valence-electron chi connectivity index (χ2n) is 4.15. The highest BCUT2D eigenvalue weighted by molar-refractivity contribution is 7.98. The van der Waals surface area contributed by atoms with Crippen LogP contribution in [0.15, 0.2) is 24.3 Å². The van der Waals surface area contributed by atoms with E-state index in [0.717, 1.165) is 5.75 Å². The number of ether oxygens (including phenoxy) is 1. The number of hydrogen-bond acceptors (Lipinski definition) is 5. The molecule has 0 bridgehead atoms. The summed E-state index contributed by atoms with van der Waals surface area (Å²) >= 11 is 1.64. The minimum atomic E-state index is -0.598. The lowest BCUT2D eigenvalue weighted by Gasteiger charge is -2.11. The molecule has 1 N–H and O–H groups in total. The third-order valence-corrected chi connectivity index (χ3v) is 3.48. The molecule has 7 heteroatoms. The molecular formula is C12H14N2O4S. The number of benzene rings is 1. The van der Waals surface area contributed by atoms with Crippen molar-refractivity contribution in [2.45, 2.75) is 18.8 Å². The molecule has 1 aromatic carbocycles. The van der Waals surface area contributed by atoms with E-state index >= 15 is 0 Å². The Bertz CT molecular complexity index is 494. The van der Waals surface area contributed by atoms with Gasteiger partial charge in [-0.15, -0.1) is 0 Å². The molecule has 0 aromatic heterocycles. The van der Waals surface area contributed by atoms with Crippen molar-refractivity contribution in [3.05, 3.63) is 39.9 Å². The zero-order chi connectivity index (χ0) is 13.8. The van der Waals surface area contributed by atoms with Crippen LogP contribution in [0.3, 0.4) is 0 Å². The molecule has 2 atom stereocenters. The summed E-state index contributed by atoms with van der Waals surface area (Å²) in [6, 6.07) is 6.11. The van der Waals surface area contributed by atoms with Crippen molar-refractivity contribution < 1.29 is 14.5 Å². The first-order valence-electron chi connectivity index (χ1n) is 5.81. The molecule has 1 aliphatic rings. The zero-order valence-electron chi connectivity index (χ0n) is 10.4. The number of carbonyl (C=O) groups is 1. The van der Waals surface area contributed by atoms with Gasteiger partial charge in [-0.05, 0) is 18.4 Å². The number of nitro groups is 1. The average molecular weight is 282 g/mol. The maximum absolute atomic E-state index is 11.7. The van der Waals surface area contributed by atoms with Gasteiger partial charge in [0.25, 0.3) is 11.6 Å². The molecule has 6 nitrogen and oxygen atoms in total. The number of thioether (sulfide) groups is 1. The average Bonchev–Trinajstić information content (AvgIpc) is 2.78. The Balaban J connectivity index is 2.09.